The largest absolute Gasteiger partial charge is 0.335 e. The molecule has 2 aliphatic carbocycles. The number of nitrogens with one attached hydrogen (secondary N) is 2. The van der Waals surface area contributed by atoms with Crippen molar-refractivity contribution in [2.45, 2.75) is 51.1 Å². The third-order valence-electron chi connectivity index (χ3n) is 5.26. The SMILES string of the molecule is O=C(NCc1ncnn1-c1ccccc1)NC1CCCC2(CC2)C1. The Morgan fingerprint density at radius 2 is 2.08 bits per heavy atom. The van der Waals surface area contributed by atoms with E-state index in [2.05, 4.69) is 20.7 Å². The van der Waals surface area contributed by atoms with Crippen LogP contribution in [0.2, 0.25) is 0 Å². The van der Waals surface area contributed by atoms with E-state index < -0.39 is 0 Å². The monoisotopic (exact) mass is 325 g/mol. The van der Waals surface area contributed by atoms with E-state index in [1.165, 1.54) is 32.0 Å². The first-order chi connectivity index (χ1) is 11.7. The summed E-state index contributed by atoms with van der Waals surface area (Å²) < 4.78 is 1.75. The molecule has 1 heterocycles. The van der Waals surface area contributed by atoms with E-state index in [4.69, 9.17) is 0 Å². The molecule has 2 fully saturated rings. The number of carbonyl (C=O) groups excluding carboxylic acids is 1. The molecule has 0 radical (unpaired) electrons. The number of nitrogens with zero attached hydrogens (tertiary/aromatic N) is 3. The number of amides is 2. The van der Waals surface area contributed by atoms with Crippen molar-refractivity contribution >= 4 is 6.03 Å². The van der Waals surface area contributed by atoms with Gasteiger partial charge in [-0.15, -0.1) is 0 Å². The number of rotatable bonds is 4. The molecule has 2 N–H and O–H groups in total. The lowest BCUT2D eigenvalue weighted by molar-refractivity contribution is 0.221. The van der Waals surface area contributed by atoms with Gasteiger partial charge in [-0.2, -0.15) is 5.10 Å². The molecule has 6 nitrogen and oxygen atoms in total. The third-order valence-corrected chi connectivity index (χ3v) is 5.26. The van der Waals surface area contributed by atoms with E-state index >= 15 is 0 Å². The van der Waals surface area contributed by atoms with Crippen molar-refractivity contribution in [1.29, 1.82) is 0 Å². The van der Waals surface area contributed by atoms with Crippen LogP contribution in [-0.4, -0.2) is 26.8 Å². The molecule has 1 atom stereocenters. The maximum Gasteiger partial charge on any atom is 0.315 e. The summed E-state index contributed by atoms with van der Waals surface area (Å²) in [7, 11) is 0. The van der Waals surface area contributed by atoms with Crippen LogP contribution in [0.25, 0.3) is 5.69 Å². The van der Waals surface area contributed by atoms with Gasteiger partial charge in [0, 0.05) is 6.04 Å². The molecule has 6 heteroatoms. The van der Waals surface area contributed by atoms with Gasteiger partial charge in [-0.25, -0.2) is 14.5 Å². The van der Waals surface area contributed by atoms with Gasteiger partial charge in [0.05, 0.1) is 12.2 Å². The van der Waals surface area contributed by atoms with Crippen LogP contribution in [0.3, 0.4) is 0 Å². The molecule has 1 spiro atoms. The topological polar surface area (TPSA) is 71.8 Å². The predicted octanol–water partition coefficient (Wildman–Crippen LogP) is 2.79. The maximum atomic E-state index is 12.2. The van der Waals surface area contributed by atoms with Gasteiger partial charge < -0.3 is 10.6 Å². The zero-order valence-corrected chi connectivity index (χ0v) is 13.7. The zero-order chi connectivity index (χ0) is 16.4. The first kappa shape index (κ1) is 15.2. The van der Waals surface area contributed by atoms with Crippen LogP contribution in [0, 0.1) is 5.41 Å². The van der Waals surface area contributed by atoms with Gasteiger partial charge in [-0.1, -0.05) is 24.6 Å². The van der Waals surface area contributed by atoms with Crippen molar-refractivity contribution in [3.8, 4) is 5.69 Å². The van der Waals surface area contributed by atoms with E-state index in [-0.39, 0.29) is 6.03 Å². The molecular weight excluding hydrogens is 302 g/mol. The number of urea groups is 1. The summed E-state index contributed by atoms with van der Waals surface area (Å²) in [5.41, 5.74) is 1.50. The second-order valence-electron chi connectivity index (χ2n) is 7.04. The Balaban J connectivity index is 1.32. The fourth-order valence-electron chi connectivity index (χ4n) is 3.77. The van der Waals surface area contributed by atoms with E-state index in [0.717, 1.165) is 24.4 Å². The first-order valence-corrected chi connectivity index (χ1v) is 8.73. The fraction of sp³-hybridized carbons (Fsp3) is 0.500. The predicted molar refractivity (Wildman–Crippen MR) is 90.7 cm³/mol. The number of carbonyl (C=O) groups is 1. The van der Waals surface area contributed by atoms with Gasteiger partial charge in [0.2, 0.25) is 0 Å². The van der Waals surface area contributed by atoms with E-state index in [1.807, 2.05) is 30.3 Å². The van der Waals surface area contributed by atoms with Crippen molar-refractivity contribution < 1.29 is 4.79 Å². The van der Waals surface area contributed by atoms with Gasteiger partial charge in [0.1, 0.15) is 6.33 Å². The summed E-state index contributed by atoms with van der Waals surface area (Å²) in [4.78, 5) is 16.5. The van der Waals surface area contributed by atoms with Crippen molar-refractivity contribution in [2.75, 3.05) is 0 Å². The van der Waals surface area contributed by atoms with Crippen LogP contribution in [0.5, 0.6) is 0 Å². The molecule has 2 aromatic rings. The van der Waals surface area contributed by atoms with Crippen molar-refractivity contribution in [3.05, 3.63) is 42.5 Å². The molecule has 2 amide bonds. The quantitative estimate of drug-likeness (QED) is 0.908. The maximum absolute atomic E-state index is 12.2. The minimum atomic E-state index is -0.111. The molecule has 2 aliphatic rings. The lowest BCUT2D eigenvalue weighted by Crippen LogP contribution is -2.44. The molecule has 1 unspecified atom stereocenters. The highest BCUT2D eigenvalue weighted by atomic mass is 16.2. The number of aromatic nitrogens is 3. The lowest BCUT2D eigenvalue weighted by Gasteiger charge is -2.29. The van der Waals surface area contributed by atoms with E-state index in [9.17, 15) is 4.79 Å². The molecule has 0 bridgehead atoms. The Hall–Kier alpha value is -2.37. The van der Waals surface area contributed by atoms with Crippen molar-refractivity contribution in [2.24, 2.45) is 5.41 Å². The van der Waals surface area contributed by atoms with Crippen LogP contribution in [0.15, 0.2) is 36.7 Å². The Labute approximate surface area is 141 Å². The van der Waals surface area contributed by atoms with Crippen LogP contribution in [0.4, 0.5) is 4.79 Å². The minimum Gasteiger partial charge on any atom is -0.335 e. The molecule has 2 saturated carbocycles. The first-order valence-electron chi connectivity index (χ1n) is 8.73. The number of hydrogen-bond acceptors (Lipinski definition) is 3. The molecule has 0 aliphatic heterocycles. The highest BCUT2D eigenvalue weighted by molar-refractivity contribution is 5.74. The van der Waals surface area contributed by atoms with Crippen molar-refractivity contribution in [1.82, 2.24) is 25.4 Å². The Bertz CT molecular complexity index is 707. The van der Waals surface area contributed by atoms with Crippen molar-refractivity contribution in [3.63, 3.8) is 0 Å². The van der Waals surface area contributed by atoms with Gasteiger partial charge in [-0.05, 0) is 49.7 Å². The second-order valence-corrected chi connectivity index (χ2v) is 7.04. The summed E-state index contributed by atoms with van der Waals surface area (Å²) in [6, 6.07) is 10.0. The Kier molecular flexibility index (Phi) is 3.96. The summed E-state index contributed by atoms with van der Waals surface area (Å²) in [5.74, 6) is 0.721. The van der Waals surface area contributed by atoms with E-state index in [0.29, 0.717) is 18.0 Å². The molecule has 1 aromatic carbocycles. The van der Waals surface area contributed by atoms with Gasteiger partial charge in [0.25, 0.3) is 0 Å². The van der Waals surface area contributed by atoms with Gasteiger partial charge in [0.15, 0.2) is 5.82 Å². The van der Waals surface area contributed by atoms with Crippen LogP contribution in [0.1, 0.15) is 44.3 Å². The summed E-state index contributed by atoms with van der Waals surface area (Å²) in [6.45, 7) is 0.360. The molecule has 126 valence electrons. The van der Waals surface area contributed by atoms with Crippen LogP contribution in [-0.2, 0) is 6.54 Å². The second kappa shape index (κ2) is 6.26. The summed E-state index contributed by atoms with van der Waals surface area (Å²) >= 11 is 0. The molecule has 0 saturated heterocycles. The highest BCUT2D eigenvalue weighted by Gasteiger charge is 2.45. The summed E-state index contributed by atoms with van der Waals surface area (Å²) in [6.07, 6.45) is 9.00. The minimum absolute atomic E-state index is 0.111. The highest BCUT2D eigenvalue weighted by Crippen LogP contribution is 2.56. The van der Waals surface area contributed by atoms with Crippen LogP contribution >= 0.6 is 0 Å². The van der Waals surface area contributed by atoms with E-state index in [1.54, 1.807) is 4.68 Å². The average molecular weight is 325 g/mol. The number of benzene rings is 1. The van der Waals surface area contributed by atoms with Gasteiger partial charge >= 0.3 is 6.03 Å². The third kappa shape index (κ3) is 3.27. The van der Waals surface area contributed by atoms with Gasteiger partial charge in [-0.3, -0.25) is 0 Å². The number of hydrogen-bond donors (Lipinski definition) is 2. The standard InChI is InChI=1S/C18H23N5O/c24-17(22-14-5-4-8-18(11-14)9-10-18)19-12-16-20-13-21-23(16)15-6-2-1-3-7-15/h1-3,6-7,13-14H,4-5,8-12H2,(H2,19,22,24). The fourth-order valence-corrected chi connectivity index (χ4v) is 3.77. The molecule has 4 rings (SSSR count). The number of para-hydroxylation sites is 1. The Morgan fingerprint density at radius 3 is 2.88 bits per heavy atom. The smallest absolute Gasteiger partial charge is 0.315 e. The summed E-state index contributed by atoms with van der Waals surface area (Å²) in [5, 5.41) is 10.3. The van der Waals surface area contributed by atoms with Crippen LogP contribution < -0.4 is 10.6 Å². The Morgan fingerprint density at radius 1 is 1.25 bits per heavy atom. The zero-order valence-electron chi connectivity index (χ0n) is 13.7. The molecule has 1 aromatic heterocycles. The average Bonchev–Trinajstić information content (AvgIpc) is 3.17. The normalized spacial score (nSPS) is 21.4. The molecular formula is C18H23N5O. The molecule has 24 heavy (non-hydrogen) atoms. The lowest BCUT2D eigenvalue weighted by atomic mass is 9.83.